The average molecular weight is 310 g/mol. The molecule has 0 fully saturated rings. The Hall–Kier alpha value is -3.22. The van der Waals surface area contributed by atoms with Gasteiger partial charge >= 0.3 is 0 Å². The van der Waals surface area contributed by atoms with E-state index < -0.39 is 35.0 Å². The van der Waals surface area contributed by atoms with Crippen LogP contribution in [0.2, 0.25) is 0 Å². The van der Waals surface area contributed by atoms with E-state index in [-0.39, 0.29) is 46.4 Å². The highest BCUT2D eigenvalue weighted by Crippen LogP contribution is 2.61. The van der Waals surface area contributed by atoms with Gasteiger partial charge in [-0.3, -0.25) is 0 Å². The second-order valence-corrected chi connectivity index (χ2v) is 5.83. The SMILES string of the molecule is [2H]c1c([2H])c([2H])c2c(c1[2H])C1(C#C)c3ccccc3C2(C#C)c2c([2H])c([2H])c([2H])c([2H])c21. The summed E-state index contributed by atoms with van der Waals surface area (Å²) in [6.07, 6.45) is 12.2. The summed E-state index contributed by atoms with van der Waals surface area (Å²) in [4.78, 5) is 0. The topological polar surface area (TPSA) is 0 Å². The monoisotopic (exact) mass is 310 g/mol. The van der Waals surface area contributed by atoms with Crippen LogP contribution in [-0.4, -0.2) is 0 Å². The fraction of sp³-hybridized carbons (Fsp3) is 0.0833. The first-order valence-electron chi connectivity index (χ1n) is 11.4. The van der Waals surface area contributed by atoms with Crippen molar-refractivity contribution < 1.29 is 11.0 Å². The Balaban J connectivity index is 2.23. The fourth-order valence-electron chi connectivity index (χ4n) is 4.12. The van der Waals surface area contributed by atoms with Crippen LogP contribution in [0.1, 0.15) is 44.3 Å². The molecule has 0 spiro atoms. The van der Waals surface area contributed by atoms with Crippen LogP contribution < -0.4 is 0 Å². The fourth-order valence-corrected chi connectivity index (χ4v) is 4.12. The van der Waals surface area contributed by atoms with Crippen molar-refractivity contribution in [2.24, 2.45) is 0 Å². The van der Waals surface area contributed by atoms with Crippen LogP contribution in [0.25, 0.3) is 0 Å². The van der Waals surface area contributed by atoms with Crippen LogP contribution in [0.5, 0.6) is 0 Å². The molecule has 3 aromatic carbocycles. The van der Waals surface area contributed by atoms with Gasteiger partial charge in [-0.05, 0) is 33.4 Å². The van der Waals surface area contributed by atoms with E-state index in [4.69, 9.17) is 23.8 Å². The summed E-state index contributed by atoms with van der Waals surface area (Å²) < 4.78 is 67.9. The van der Waals surface area contributed by atoms with Crippen LogP contribution in [-0.2, 0) is 10.8 Å². The van der Waals surface area contributed by atoms with Crippen molar-refractivity contribution in [2.45, 2.75) is 10.8 Å². The molecule has 24 heavy (non-hydrogen) atoms. The third-order valence-corrected chi connectivity index (χ3v) is 5.04. The molecular weight excluding hydrogens is 288 g/mol. The highest BCUT2D eigenvalue weighted by Gasteiger charge is 2.57. The van der Waals surface area contributed by atoms with Crippen molar-refractivity contribution in [1.29, 1.82) is 0 Å². The Morgan fingerprint density at radius 3 is 1.25 bits per heavy atom. The number of rotatable bonds is 0. The maximum atomic E-state index is 8.71. The lowest BCUT2D eigenvalue weighted by molar-refractivity contribution is 0.606. The maximum Gasteiger partial charge on any atom is 0.107 e. The molecule has 3 aliphatic rings. The standard InChI is InChI=1S/C24H14/c1-3-23-17-11-5-8-14-20(17)24(4-2,21-15-9-6-12-18(21)23)22-16-10-7-13-19(22)23/h1-2,5-16H/i5D,6D,8D,9D,11D,12D,14D,15D. The van der Waals surface area contributed by atoms with Gasteiger partial charge in [-0.2, -0.15) is 0 Å². The van der Waals surface area contributed by atoms with E-state index in [1.807, 2.05) is 0 Å². The predicted octanol–water partition coefficient (Wildman–Crippen LogP) is 4.25. The molecular formula is C24H14. The normalized spacial score (nSPS) is 29.6. The molecule has 0 nitrogen and oxygen atoms in total. The zero-order valence-electron chi connectivity index (χ0n) is 20.5. The van der Waals surface area contributed by atoms with E-state index in [0.29, 0.717) is 11.1 Å². The zero-order valence-corrected chi connectivity index (χ0v) is 12.5. The van der Waals surface area contributed by atoms with E-state index >= 15 is 0 Å². The maximum absolute atomic E-state index is 8.71. The molecule has 0 saturated carbocycles. The van der Waals surface area contributed by atoms with Crippen molar-refractivity contribution in [1.82, 2.24) is 0 Å². The highest BCUT2D eigenvalue weighted by molar-refractivity contribution is 5.81. The van der Waals surface area contributed by atoms with Gasteiger partial charge in [-0.1, -0.05) is 84.4 Å². The Morgan fingerprint density at radius 2 is 0.958 bits per heavy atom. The van der Waals surface area contributed by atoms with Crippen LogP contribution in [0.3, 0.4) is 0 Å². The van der Waals surface area contributed by atoms with Gasteiger partial charge in [0.25, 0.3) is 0 Å². The van der Waals surface area contributed by atoms with Crippen molar-refractivity contribution in [2.75, 3.05) is 0 Å². The summed E-state index contributed by atoms with van der Waals surface area (Å²) in [5, 5.41) is 0. The van der Waals surface area contributed by atoms with Crippen LogP contribution in [0, 0.1) is 24.7 Å². The number of terminal acetylenes is 2. The molecule has 2 bridgehead atoms. The molecule has 0 saturated heterocycles. The van der Waals surface area contributed by atoms with Crippen molar-refractivity contribution in [3.63, 3.8) is 0 Å². The van der Waals surface area contributed by atoms with Gasteiger partial charge in [-0.25, -0.2) is 0 Å². The Labute approximate surface area is 153 Å². The summed E-state index contributed by atoms with van der Waals surface area (Å²) in [6.45, 7) is 0. The minimum Gasteiger partial charge on any atom is -0.118 e. The number of benzene rings is 3. The Kier molecular flexibility index (Phi) is 1.32. The molecule has 110 valence electrons. The molecule has 3 aromatic rings. The van der Waals surface area contributed by atoms with Crippen molar-refractivity contribution in [3.05, 3.63) is 106 Å². The minimum atomic E-state index is -1.66. The molecule has 0 N–H and O–H groups in total. The smallest absolute Gasteiger partial charge is 0.107 e. The van der Waals surface area contributed by atoms with Crippen LogP contribution in [0.15, 0.2) is 72.6 Å². The third kappa shape index (κ3) is 1.15. The Bertz CT molecular complexity index is 1300. The van der Waals surface area contributed by atoms with E-state index in [9.17, 15) is 0 Å². The lowest BCUT2D eigenvalue weighted by Gasteiger charge is -2.52. The van der Waals surface area contributed by atoms with Crippen molar-refractivity contribution in [3.8, 4) is 24.7 Å². The summed E-state index contributed by atoms with van der Waals surface area (Å²) in [5.74, 6) is 5.36. The molecule has 0 aliphatic heterocycles. The van der Waals surface area contributed by atoms with E-state index in [0.717, 1.165) is 0 Å². The quantitative estimate of drug-likeness (QED) is 0.545. The summed E-state index contributed by atoms with van der Waals surface area (Å²) in [5.41, 5.74) is -2.08. The van der Waals surface area contributed by atoms with E-state index in [1.165, 1.54) is 0 Å². The average Bonchev–Trinajstić information content (AvgIpc) is 2.82. The highest BCUT2D eigenvalue weighted by atomic mass is 14.6. The molecule has 0 atom stereocenters. The molecule has 0 unspecified atom stereocenters. The lowest BCUT2D eigenvalue weighted by atomic mass is 9.47. The molecule has 0 aromatic heterocycles. The second kappa shape index (κ2) is 4.19. The van der Waals surface area contributed by atoms with Crippen LogP contribution >= 0.6 is 0 Å². The van der Waals surface area contributed by atoms with Crippen molar-refractivity contribution >= 4 is 0 Å². The van der Waals surface area contributed by atoms with E-state index in [1.54, 1.807) is 24.3 Å². The summed E-state index contributed by atoms with van der Waals surface area (Å²) in [7, 11) is 0. The molecule has 0 heteroatoms. The van der Waals surface area contributed by atoms with Gasteiger partial charge in [0.05, 0.1) is 11.0 Å². The van der Waals surface area contributed by atoms with Gasteiger partial charge in [0.2, 0.25) is 0 Å². The molecule has 6 rings (SSSR count). The van der Waals surface area contributed by atoms with Gasteiger partial charge in [0, 0.05) is 0 Å². The zero-order chi connectivity index (χ0) is 23.3. The summed E-state index contributed by atoms with van der Waals surface area (Å²) in [6, 6.07) is 3.44. The number of hydrogen-bond acceptors (Lipinski definition) is 0. The van der Waals surface area contributed by atoms with Gasteiger partial charge in [0.15, 0.2) is 0 Å². The predicted molar refractivity (Wildman–Crippen MR) is 96.8 cm³/mol. The van der Waals surface area contributed by atoms with Crippen LogP contribution in [0.4, 0.5) is 0 Å². The van der Waals surface area contributed by atoms with Gasteiger partial charge in [-0.15, -0.1) is 12.8 Å². The first kappa shape index (κ1) is 7.57. The third-order valence-electron chi connectivity index (χ3n) is 5.04. The first-order chi connectivity index (χ1) is 15.1. The summed E-state index contributed by atoms with van der Waals surface area (Å²) >= 11 is 0. The second-order valence-electron chi connectivity index (χ2n) is 5.83. The van der Waals surface area contributed by atoms with Gasteiger partial charge < -0.3 is 0 Å². The Morgan fingerprint density at radius 1 is 0.625 bits per heavy atom. The molecule has 0 heterocycles. The lowest BCUT2D eigenvalue weighted by Crippen LogP contribution is -2.49. The molecule has 3 aliphatic carbocycles. The molecule has 0 amide bonds. The van der Waals surface area contributed by atoms with Gasteiger partial charge in [0.1, 0.15) is 10.8 Å². The largest absolute Gasteiger partial charge is 0.118 e. The molecule has 0 radical (unpaired) electrons. The first-order valence-corrected chi connectivity index (χ1v) is 7.40. The van der Waals surface area contributed by atoms with E-state index in [2.05, 4.69) is 11.8 Å². The number of hydrogen-bond donors (Lipinski definition) is 0. The minimum absolute atomic E-state index is 0.0696.